The molecule has 0 spiro atoms. The molecule has 3 rings (SSSR count). The Hall–Kier alpha value is -2.78. The molecule has 1 unspecified atom stereocenters. The van der Waals surface area contributed by atoms with E-state index in [0.29, 0.717) is 24.0 Å². The molecule has 2 aromatic rings. The van der Waals surface area contributed by atoms with E-state index in [1.807, 2.05) is 6.07 Å². The standard InChI is InChI=1S/C20H28N6O3/c1-15-20(26(28)29)16(2)25(22-15)14-19(27)21-9-10-24-12-11-23(3)13-18(24)17-7-5-4-6-8-17/h4-8,18H,9-14H2,1-3H3,(H,21,27). The van der Waals surface area contributed by atoms with Crippen LogP contribution in [0.2, 0.25) is 0 Å². The first kappa shape index (κ1) is 20.9. The third-order valence-corrected chi connectivity index (χ3v) is 5.42. The van der Waals surface area contributed by atoms with Crippen molar-refractivity contribution in [2.45, 2.75) is 26.4 Å². The van der Waals surface area contributed by atoms with Crippen molar-refractivity contribution in [2.24, 2.45) is 0 Å². The van der Waals surface area contributed by atoms with Gasteiger partial charge in [-0.2, -0.15) is 5.10 Å². The van der Waals surface area contributed by atoms with Gasteiger partial charge in [0.1, 0.15) is 17.9 Å². The number of nitrogens with one attached hydrogen (secondary N) is 1. The van der Waals surface area contributed by atoms with Gasteiger partial charge in [0.2, 0.25) is 5.91 Å². The molecule has 1 aromatic heterocycles. The molecule has 1 fully saturated rings. The Labute approximate surface area is 170 Å². The molecule has 1 saturated heterocycles. The van der Waals surface area contributed by atoms with E-state index in [9.17, 15) is 14.9 Å². The lowest BCUT2D eigenvalue weighted by atomic mass is 10.0. The highest BCUT2D eigenvalue weighted by Crippen LogP contribution is 2.24. The van der Waals surface area contributed by atoms with Crippen molar-refractivity contribution in [2.75, 3.05) is 39.8 Å². The summed E-state index contributed by atoms with van der Waals surface area (Å²) in [5, 5.41) is 18.2. The van der Waals surface area contributed by atoms with Gasteiger partial charge in [0.25, 0.3) is 0 Å². The smallest absolute Gasteiger partial charge is 0.312 e. The fourth-order valence-corrected chi connectivity index (χ4v) is 3.85. The molecule has 9 heteroatoms. The number of nitrogens with zero attached hydrogens (tertiary/aromatic N) is 5. The Balaban J connectivity index is 1.55. The highest BCUT2D eigenvalue weighted by atomic mass is 16.6. The molecule has 1 amide bonds. The molecule has 1 N–H and O–H groups in total. The summed E-state index contributed by atoms with van der Waals surface area (Å²) < 4.78 is 1.39. The normalized spacial score (nSPS) is 18.0. The lowest BCUT2D eigenvalue weighted by Gasteiger charge is -2.40. The van der Waals surface area contributed by atoms with Crippen LogP contribution >= 0.6 is 0 Å². The van der Waals surface area contributed by atoms with Crippen LogP contribution in [0.15, 0.2) is 30.3 Å². The molecular weight excluding hydrogens is 372 g/mol. The van der Waals surface area contributed by atoms with Gasteiger partial charge >= 0.3 is 5.69 Å². The number of benzene rings is 1. The number of likely N-dealkylation sites (N-methyl/N-ethyl adjacent to an activating group) is 1. The zero-order valence-corrected chi connectivity index (χ0v) is 17.2. The third kappa shape index (κ3) is 4.99. The highest BCUT2D eigenvalue weighted by molar-refractivity contribution is 5.75. The molecule has 29 heavy (non-hydrogen) atoms. The number of carbonyl (C=O) groups excluding carboxylic acids is 1. The number of hydrogen-bond acceptors (Lipinski definition) is 6. The van der Waals surface area contributed by atoms with E-state index in [-0.39, 0.29) is 18.1 Å². The Bertz CT molecular complexity index is 867. The van der Waals surface area contributed by atoms with Gasteiger partial charge in [-0.25, -0.2) is 0 Å². The number of rotatable bonds is 7. The molecule has 1 aliphatic rings. The second-order valence-corrected chi connectivity index (χ2v) is 7.51. The predicted octanol–water partition coefficient (Wildman–Crippen LogP) is 1.51. The maximum absolute atomic E-state index is 12.3. The average molecular weight is 400 g/mol. The van der Waals surface area contributed by atoms with Crippen LogP contribution in [-0.2, 0) is 11.3 Å². The highest BCUT2D eigenvalue weighted by Gasteiger charge is 2.26. The molecule has 0 bridgehead atoms. The number of nitro groups is 1. The summed E-state index contributed by atoms with van der Waals surface area (Å²) in [7, 11) is 2.13. The Morgan fingerprint density at radius 3 is 2.66 bits per heavy atom. The number of hydrogen-bond donors (Lipinski definition) is 1. The zero-order valence-electron chi connectivity index (χ0n) is 17.2. The summed E-state index contributed by atoms with van der Waals surface area (Å²) in [5.74, 6) is -0.198. The molecule has 9 nitrogen and oxygen atoms in total. The van der Waals surface area contributed by atoms with Crippen LogP contribution in [0.1, 0.15) is 23.0 Å². The van der Waals surface area contributed by atoms with Gasteiger partial charge in [-0.1, -0.05) is 30.3 Å². The number of aromatic nitrogens is 2. The van der Waals surface area contributed by atoms with E-state index < -0.39 is 4.92 Å². The Kier molecular flexibility index (Phi) is 6.60. The van der Waals surface area contributed by atoms with E-state index in [2.05, 4.69) is 51.5 Å². The second kappa shape index (κ2) is 9.15. The quantitative estimate of drug-likeness (QED) is 0.559. The van der Waals surface area contributed by atoms with Crippen molar-refractivity contribution in [3.05, 3.63) is 57.4 Å². The van der Waals surface area contributed by atoms with Crippen molar-refractivity contribution in [1.82, 2.24) is 24.9 Å². The monoisotopic (exact) mass is 400 g/mol. The summed E-state index contributed by atoms with van der Waals surface area (Å²) in [5.41, 5.74) is 1.97. The van der Waals surface area contributed by atoms with Gasteiger partial charge in [0.05, 0.1) is 4.92 Å². The molecule has 2 heterocycles. The van der Waals surface area contributed by atoms with Gasteiger partial charge in [0.15, 0.2) is 0 Å². The minimum atomic E-state index is -0.455. The largest absolute Gasteiger partial charge is 0.353 e. The maximum Gasteiger partial charge on any atom is 0.312 e. The maximum atomic E-state index is 12.3. The van der Waals surface area contributed by atoms with Crippen molar-refractivity contribution in [3.8, 4) is 0 Å². The van der Waals surface area contributed by atoms with Crippen LogP contribution in [0.3, 0.4) is 0 Å². The lowest BCUT2D eigenvalue weighted by Crippen LogP contribution is -2.49. The van der Waals surface area contributed by atoms with Crippen LogP contribution in [0, 0.1) is 24.0 Å². The fourth-order valence-electron chi connectivity index (χ4n) is 3.85. The first-order valence-corrected chi connectivity index (χ1v) is 9.79. The van der Waals surface area contributed by atoms with Crippen LogP contribution in [0.4, 0.5) is 5.69 Å². The molecule has 0 radical (unpaired) electrons. The van der Waals surface area contributed by atoms with Crippen LogP contribution < -0.4 is 5.32 Å². The number of piperazine rings is 1. The summed E-state index contributed by atoms with van der Waals surface area (Å²) in [4.78, 5) is 27.7. The number of aryl methyl sites for hydroxylation is 1. The van der Waals surface area contributed by atoms with E-state index in [0.717, 1.165) is 26.2 Å². The van der Waals surface area contributed by atoms with Gasteiger partial charge in [-0.05, 0) is 26.5 Å². The summed E-state index contributed by atoms with van der Waals surface area (Å²) in [6, 6.07) is 10.7. The first-order valence-electron chi connectivity index (χ1n) is 9.79. The van der Waals surface area contributed by atoms with Gasteiger partial charge in [-0.15, -0.1) is 0 Å². The van der Waals surface area contributed by atoms with Crippen molar-refractivity contribution < 1.29 is 9.72 Å². The fraction of sp³-hybridized carbons (Fsp3) is 0.500. The number of amides is 1. The average Bonchev–Trinajstić information content (AvgIpc) is 2.96. The Morgan fingerprint density at radius 2 is 2.00 bits per heavy atom. The zero-order chi connectivity index (χ0) is 21.0. The van der Waals surface area contributed by atoms with Crippen molar-refractivity contribution in [3.63, 3.8) is 0 Å². The van der Waals surface area contributed by atoms with E-state index in [4.69, 9.17) is 0 Å². The lowest BCUT2D eigenvalue weighted by molar-refractivity contribution is -0.386. The molecular formula is C20H28N6O3. The summed E-state index contributed by atoms with van der Waals surface area (Å²) >= 11 is 0. The topological polar surface area (TPSA) is 96.5 Å². The minimum Gasteiger partial charge on any atom is -0.353 e. The van der Waals surface area contributed by atoms with E-state index >= 15 is 0 Å². The third-order valence-electron chi connectivity index (χ3n) is 5.42. The number of carbonyl (C=O) groups is 1. The van der Waals surface area contributed by atoms with E-state index in [1.165, 1.54) is 10.2 Å². The van der Waals surface area contributed by atoms with Crippen LogP contribution in [0.5, 0.6) is 0 Å². The molecule has 0 aliphatic carbocycles. The van der Waals surface area contributed by atoms with Crippen molar-refractivity contribution in [1.29, 1.82) is 0 Å². The van der Waals surface area contributed by atoms with Gasteiger partial charge in [0, 0.05) is 38.8 Å². The molecule has 156 valence electrons. The Morgan fingerprint density at radius 1 is 1.28 bits per heavy atom. The van der Waals surface area contributed by atoms with Gasteiger partial charge < -0.3 is 10.2 Å². The first-order chi connectivity index (χ1) is 13.9. The molecule has 1 atom stereocenters. The summed E-state index contributed by atoms with van der Waals surface area (Å²) in [6.07, 6.45) is 0. The molecule has 0 saturated carbocycles. The molecule has 1 aliphatic heterocycles. The SMILES string of the molecule is Cc1nn(CC(=O)NCCN2CCN(C)CC2c2ccccc2)c(C)c1[N+](=O)[O-]. The minimum absolute atomic E-state index is 0.0225. The predicted molar refractivity (Wildman–Crippen MR) is 110 cm³/mol. The summed E-state index contributed by atoms with van der Waals surface area (Å²) in [6.45, 7) is 7.32. The van der Waals surface area contributed by atoms with Crippen LogP contribution in [-0.4, -0.2) is 70.2 Å². The van der Waals surface area contributed by atoms with Crippen LogP contribution in [0.25, 0.3) is 0 Å². The van der Waals surface area contributed by atoms with Crippen molar-refractivity contribution >= 4 is 11.6 Å². The second-order valence-electron chi connectivity index (χ2n) is 7.51. The van der Waals surface area contributed by atoms with Gasteiger partial charge in [-0.3, -0.25) is 24.5 Å². The molecule has 1 aromatic carbocycles. The van der Waals surface area contributed by atoms with E-state index in [1.54, 1.807) is 13.8 Å².